The van der Waals surface area contributed by atoms with Crippen molar-refractivity contribution in [1.29, 1.82) is 0 Å². The van der Waals surface area contributed by atoms with Gasteiger partial charge in [0.05, 0.1) is 0 Å². The van der Waals surface area contributed by atoms with Crippen molar-refractivity contribution in [2.24, 2.45) is 0 Å². The van der Waals surface area contributed by atoms with E-state index in [2.05, 4.69) is 44.0 Å². The van der Waals surface area contributed by atoms with E-state index in [1.807, 2.05) is 48.5 Å². The summed E-state index contributed by atoms with van der Waals surface area (Å²) in [6.45, 7) is 9.72. The number of rotatable bonds is 10. The van der Waals surface area contributed by atoms with Gasteiger partial charge in [0.2, 0.25) is 0 Å². The van der Waals surface area contributed by atoms with Crippen LogP contribution in [0.1, 0.15) is 20.3 Å². The Morgan fingerprint density at radius 3 is 1.28 bits per heavy atom. The maximum Gasteiger partial charge on any atom is 0.113 e. The molecule has 0 saturated heterocycles. The average Bonchev–Trinajstić information content (AvgIpc) is 3.34. The summed E-state index contributed by atoms with van der Waals surface area (Å²) in [4.78, 5) is 8.33. The molecule has 2 aromatic heterocycles. The van der Waals surface area contributed by atoms with E-state index < -0.39 is 0 Å². The Balaban J connectivity index is 1.29. The van der Waals surface area contributed by atoms with E-state index in [0.717, 1.165) is 54.7 Å². The SMILES string of the molecule is CCN(CCCN(CC)Cn1nc2ccccc2n1)Cn1nc2ccccc2n1. The molecule has 8 nitrogen and oxygen atoms in total. The summed E-state index contributed by atoms with van der Waals surface area (Å²) in [6, 6.07) is 16.0. The number of benzene rings is 2. The Morgan fingerprint density at radius 1 is 0.621 bits per heavy atom. The Bertz CT molecular complexity index is 903. The molecule has 0 radical (unpaired) electrons. The molecule has 4 aromatic rings. The van der Waals surface area contributed by atoms with Gasteiger partial charge in [-0.3, -0.25) is 9.80 Å². The minimum absolute atomic E-state index is 0.712. The molecule has 2 heterocycles. The highest BCUT2D eigenvalue weighted by atomic mass is 15.5. The zero-order valence-electron chi connectivity index (χ0n) is 17.1. The van der Waals surface area contributed by atoms with Crippen molar-refractivity contribution in [3.8, 4) is 0 Å². The molecule has 0 aliphatic heterocycles. The van der Waals surface area contributed by atoms with Crippen LogP contribution < -0.4 is 0 Å². The molecule has 0 bridgehead atoms. The highest BCUT2D eigenvalue weighted by Crippen LogP contribution is 2.09. The monoisotopic (exact) mass is 392 g/mol. The molecule has 0 amide bonds. The smallest absolute Gasteiger partial charge is 0.113 e. The van der Waals surface area contributed by atoms with Gasteiger partial charge in [0.1, 0.15) is 35.4 Å². The van der Waals surface area contributed by atoms with Crippen molar-refractivity contribution < 1.29 is 0 Å². The van der Waals surface area contributed by atoms with Crippen LogP contribution in [0.25, 0.3) is 22.1 Å². The predicted molar refractivity (Wildman–Crippen MR) is 114 cm³/mol. The first-order valence-corrected chi connectivity index (χ1v) is 10.3. The van der Waals surface area contributed by atoms with Gasteiger partial charge in [0.25, 0.3) is 0 Å². The number of fused-ring (bicyclic) bond motifs is 2. The third kappa shape index (κ3) is 4.78. The molecular formula is C21H28N8. The standard InChI is InChI=1S/C21H28N8/c1-3-26(16-28-22-18-10-5-6-11-19(18)23-28)14-9-15-27(4-2)17-29-24-20-12-7-8-13-21(20)25-29/h5-8,10-13H,3-4,9,14-17H2,1-2H3. The molecule has 4 rings (SSSR count). The van der Waals surface area contributed by atoms with Crippen molar-refractivity contribution >= 4 is 22.1 Å². The van der Waals surface area contributed by atoms with Gasteiger partial charge in [0.15, 0.2) is 0 Å². The third-order valence-corrected chi connectivity index (χ3v) is 5.15. The fraction of sp³-hybridized carbons (Fsp3) is 0.429. The van der Waals surface area contributed by atoms with Crippen LogP contribution in [0.15, 0.2) is 48.5 Å². The molecule has 0 aliphatic rings. The molecular weight excluding hydrogens is 364 g/mol. The van der Waals surface area contributed by atoms with Crippen LogP contribution >= 0.6 is 0 Å². The van der Waals surface area contributed by atoms with Gasteiger partial charge >= 0.3 is 0 Å². The second-order valence-corrected chi connectivity index (χ2v) is 7.18. The molecule has 0 saturated carbocycles. The van der Waals surface area contributed by atoms with Crippen molar-refractivity contribution in [1.82, 2.24) is 39.8 Å². The molecule has 152 valence electrons. The van der Waals surface area contributed by atoms with E-state index in [-0.39, 0.29) is 0 Å². The van der Waals surface area contributed by atoms with Crippen molar-refractivity contribution in [3.63, 3.8) is 0 Å². The van der Waals surface area contributed by atoms with Crippen LogP contribution in [-0.4, -0.2) is 66.0 Å². The average molecular weight is 393 g/mol. The number of aromatic nitrogens is 6. The van der Waals surface area contributed by atoms with Gasteiger partial charge in [0, 0.05) is 13.1 Å². The molecule has 8 heteroatoms. The summed E-state index contributed by atoms with van der Waals surface area (Å²) < 4.78 is 0. The number of hydrogen-bond donors (Lipinski definition) is 0. The van der Waals surface area contributed by atoms with Gasteiger partial charge in [-0.2, -0.15) is 30.0 Å². The van der Waals surface area contributed by atoms with Crippen molar-refractivity contribution in [2.45, 2.75) is 33.6 Å². The highest BCUT2D eigenvalue weighted by Gasteiger charge is 2.10. The van der Waals surface area contributed by atoms with Crippen molar-refractivity contribution in [2.75, 3.05) is 26.2 Å². The highest BCUT2D eigenvalue weighted by molar-refractivity contribution is 5.73. The molecule has 29 heavy (non-hydrogen) atoms. The normalized spacial score (nSPS) is 12.0. The van der Waals surface area contributed by atoms with E-state index in [0.29, 0.717) is 13.3 Å². The van der Waals surface area contributed by atoms with Crippen LogP contribution in [-0.2, 0) is 13.3 Å². The molecule has 0 fully saturated rings. The Labute approximate surface area is 170 Å². The second-order valence-electron chi connectivity index (χ2n) is 7.18. The van der Waals surface area contributed by atoms with Crippen LogP contribution in [0, 0.1) is 0 Å². The van der Waals surface area contributed by atoms with Gasteiger partial charge in [-0.1, -0.05) is 38.1 Å². The van der Waals surface area contributed by atoms with E-state index in [4.69, 9.17) is 0 Å². The molecule has 0 unspecified atom stereocenters. The second kappa shape index (κ2) is 9.11. The van der Waals surface area contributed by atoms with Crippen LogP contribution in [0.5, 0.6) is 0 Å². The molecule has 0 aliphatic carbocycles. The first-order chi connectivity index (χ1) is 14.2. The van der Waals surface area contributed by atoms with Crippen LogP contribution in [0.3, 0.4) is 0 Å². The van der Waals surface area contributed by atoms with E-state index >= 15 is 0 Å². The summed E-state index contributed by atoms with van der Waals surface area (Å²) in [6.07, 6.45) is 1.07. The zero-order chi connectivity index (χ0) is 20.1. The fourth-order valence-corrected chi connectivity index (χ4v) is 3.47. The summed E-state index contributed by atoms with van der Waals surface area (Å²) in [5, 5.41) is 18.3. The van der Waals surface area contributed by atoms with E-state index in [1.54, 1.807) is 9.59 Å². The third-order valence-electron chi connectivity index (χ3n) is 5.15. The lowest BCUT2D eigenvalue weighted by atomic mass is 10.3. The quantitative estimate of drug-likeness (QED) is 0.413. The Kier molecular flexibility index (Phi) is 6.12. The topological polar surface area (TPSA) is 67.9 Å². The zero-order valence-corrected chi connectivity index (χ0v) is 17.1. The molecule has 0 N–H and O–H groups in total. The predicted octanol–water partition coefficient (Wildman–Crippen LogP) is 2.83. The first kappa shape index (κ1) is 19.5. The summed E-state index contributed by atoms with van der Waals surface area (Å²) >= 11 is 0. The summed E-state index contributed by atoms with van der Waals surface area (Å²) in [7, 11) is 0. The summed E-state index contributed by atoms with van der Waals surface area (Å²) in [5.41, 5.74) is 3.78. The Morgan fingerprint density at radius 2 is 0.966 bits per heavy atom. The van der Waals surface area contributed by atoms with Crippen LogP contribution in [0.2, 0.25) is 0 Å². The van der Waals surface area contributed by atoms with E-state index in [1.165, 1.54) is 0 Å². The molecule has 0 spiro atoms. The molecule has 2 aromatic carbocycles. The summed E-state index contributed by atoms with van der Waals surface area (Å²) in [5.74, 6) is 0. The van der Waals surface area contributed by atoms with Gasteiger partial charge in [-0.15, -0.1) is 0 Å². The molecule has 0 atom stereocenters. The lowest BCUT2D eigenvalue weighted by Gasteiger charge is -2.23. The number of hydrogen-bond acceptors (Lipinski definition) is 6. The fourth-order valence-electron chi connectivity index (χ4n) is 3.47. The largest absolute Gasteiger partial charge is 0.283 e. The maximum atomic E-state index is 4.57. The van der Waals surface area contributed by atoms with Crippen LogP contribution in [0.4, 0.5) is 0 Å². The van der Waals surface area contributed by atoms with Gasteiger partial charge in [-0.25, -0.2) is 0 Å². The lowest BCUT2D eigenvalue weighted by molar-refractivity contribution is 0.165. The minimum Gasteiger partial charge on any atom is -0.283 e. The Hall–Kier alpha value is -2.84. The number of nitrogens with zero attached hydrogens (tertiary/aromatic N) is 8. The van der Waals surface area contributed by atoms with Gasteiger partial charge < -0.3 is 0 Å². The minimum atomic E-state index is 0.712. The first-order valence-electron chi connectivity index (χ1n) is 10.3. The van der Waals surface area contributed by atoms with E-state index in [9.17, 15) is 0 Å². The maximum absolute atomic E-state index is 4.57. The lowest BCUT2D eigenvalue weighted by Crippen LogP contribution is -2.33. The van der Waals surface area contributed by atoms with Crippen molar-refractivity contribution in [3.05, 3.63) is 48.5 Å². The van der Waals surface area contributed by atoms with Gasteiger partial charge in [-0.05, 0) is 43.8 Å².